The van der Waals surface area contributed by atoms with Gasteiger partial charge in [0.05, 0.1) is 16.0 Å². The molecule has 1 N–H and O–H groups in total. The number of benzene rings is 2. The van der Waals surface area contributed by atoms with Gasteiger partial charge in [-0.25, -0.2) is 9.97 Å². The van der Waals surface area contributed by atoms with E-state index in [4.69, 9.17) is 4.74 Å². The molecule has 5 aromatic rings. The maximum absolute atomic E-state index is 11.2. The lowest BCUT2D eigenvalue weighted by Gasteiger charge is -2.13. The third-order valence-corrected chi connectivity index (χ3v) is 6.02. The number of nitrogens with zero attached hydrogens (tertiary/aromatic N) is 6. The van der Waals surface area contributed by atoms with Crippen molar-refractivity contribution in [3.05, 3.63) is 76.7 Å². The molecule has 0 saturated carbocycles. The van der Waals surface area contributed by atoms with Crippen molar-refractivity contribution >= 4 is 22.5 Å². The van der Waals surface area contributed by atoms with Crippen LogP contribution in [0.1, 0.15) is 5.56 Å². The number of nitrogens with one attached hydrogen (secondary N) is 1. The predicted molar refractivity (Wildman–Crippen MR) is 127 cm³/mol. The number of fused-ring (bicyclic) bond motifs is 2. The molecule has 34 heavy (non-hydrogen) atoms. The molecule has 1 aliphatic rings. The zero-order valence-corrected chi connectivity index (χ0v) is 18.4. The largest absolute Gasteiger partial charge is 0.438 e. The van der Waals surface area contributed by atoms with Crippen LogP contribution in [0, 0.1) is 10.1 Å². The number of aromatic nitrogens is 5. The summed E-state index contributed by atoms with van der Waals surface area (Å²) >= 11 is 0. The molecule has 0 unspecified atom stereocenters. The van der Waals surface area contributed by atoms with Gasteiger partial charge >= 0.3 is 0 Å². The number of rotatable bonds is 4. The smallest absolute Gasteiger partial charge is 0.269 e. The fourth-order valence-electron chi connectivity index (χ4n) is 4.50. The van der Waals surface area contributed by atoms with Crippen LogP contribution in [0.2, 0.25) is 0 Å². The number of hydrogen-bond donors (Lipinski definition) is 1. The number of hydrogen-bond acceptors (Lipinski definition) is 7. The third kappa shape index (κ3) is 3.07. The van der Waals surface area contributed by atoms with Crippen molar-refractivity contribution in [3.8, 4) is 34.0 Å². The summed E-state index contributed by atoms with van der Waals surface area (Å²) in [6.45, 7) is 0.555. The standard InChI is InChI=1S/C24H19N7O3/c1-29-10-9-19(28-29)34-17-7-8-18-15(11-17)12-25-23-21-20(18)22(30(2)24(21)27-13-26-23)14-3-5-16(6-4-14)31(32)33/h3-11,13H,12H2,1-2H3,(H,25,26,27). The number of aryl methyl sites for hydroxylation is 2. The number of nitro benzene ring substituents is 1. The molecule has 0 spiro atoms. The summed E-state index contributed by atoms with van der Waals surface area (Å²) in [6.07, 6.45) is 3.37. The van der Waals surface area contributed by atoms with Crippen molar-refractivity contribution in [3.63, 3.8) is 0 Å². The molecular weight excluding hydrogens is 434 g/mol. The van der Waals surface area contributed by atoms with Crippen molar-refractivity contribution in [2.45, 2.75) is 6.54 Å². The van der Waals surface area contributed by atoms with Crippen LogP contribution in [0.25, 0.3) is 33.4 Å². The Morgan fingerprint density at radius 1 is 1.09 bits per heavy atom. The second-order valence-electron chi connectivity index (χ2n) is 8.11. The van der Waals surface area contributed by atoms with Crippen LogP contribution in [0.15, 0.2) is 61.1 Å². The van der Waals surface area contributed by atoms with Gasteiger partial charge < -0.3 is 14.6 Å². The number of ether oxygens (including phenoxy) is 1. The highest BCUT2D eigenvalue weighted by Crippen LogP contribution is 2.46. The maximum atomic E-state index is 11.2. The monoisotopic (exact) mass is 453 g/mol. The van der Waals surface area contributed by atoms with E-state index < -0.39 is 4.92 Å². The van der Waals surface area contributed by atoms with Gasteiger partial charge in [0.15, 0.2) is 0 Å². The van der Waals surface area contributed by atoms with E-state index in [2.05, 4.69) is 20.4 Å². The Morgan fingerprint density at radius 2 is 1.91 bits per heavy atom. The predicted octanol–water partition coefficient (Wildman–Crippen LogP) is 4.66. The molecule has 2 aromatic carbocycles. The molecule has 1 aliphatic heterocycles. The fraction of sp³-hybridized carbons (Fsp3) is 0.125. The first-order valence-electron chi connectivity index (χ1n) is 10.6. The minimum Gasteiger partial charge on any atom is -0.438 e. The molecule has 10 heteroatoms. The van der Waals surface area contributed by atoms with Crippen LogP contribution >= 0.6 is 0 Å². The molecule has 0 aliphatic carbocycles. The van der Waals surface area contributed by atoms with E-state index in [-0.39, 0.29) is 5.69 Å². The molecule has 4 heterocycles. The number of anilines is 1. The summed E-state index contributed by atoms with van der Waals surface area (Å²) in [5.41, 5.74) is 5.63. The van der Waals surface area contributed by atoms with Gasteiger partial charge in [0, 0.05) is 50.6 Å². The summed E-state index contributed by atoms with van der Waals surface area (Å²) in [4.78, 5) is 19.8. The van der Waals surface area contributed by atoms with E-state index in [1.807, 2.05) is 49.1 Å². The van der Waals surface area contributed by atoms with Gasteiger partial charge in [-0.3, -0.25) is 14.8 Å². The molecule has 0 bridgehead atoms. The fourth-order valence-corrected chi connectivity index (χ4v) is 4.50. The molecule has 0 radical (unpaired) electrons. The molecule has 3 aromatic heterocycles. The first kappa shape index (κ1) is 19.9. The van der Waals surface area contributed by atoms with E-state index in [1.165, 1.54) is 12.1 Å². The van der Waals surface area contributed by atoms with Gasteiger partial charge in [-0.15, -0.1) is 5.10 Å². The Morgan fingerprint density at radius 3 is 2.65 bits per heavy atom. The first-order valence-corrected chi connectivity index (χ1v) is 10.6. The molecule has 0 amide bonds. The van der Waals surface area contributed by atoms with E-state index >= 15 is 0 Å². The Hall–Kier alpha value is -4.73. The first-order chi connectivity index (χ1) is 16.5. The van der Waals surface area contributed by atoms with E-state index in [9.17, 15) is 10.1 Å². The van der Waals surface area contributed by atoms with Crippen molar-refractivity contribution < 1.29 is 9.66 Å². The lowest BCUT2D eigenvalue weighted by Crippen LogP contribution is -2.03. The third-order valence-electron chi connectivity index (χ3n) is 6.02. The number of non-ortho nitro benzene ring substituents is 1. The molecule has 0 atom stereocenters. The van der Waals surface area contributed by atoms with Crippen LogP contribution in [0.4, 0.5) is 11.5 Å². The van der Waals surface area contributed by atoms with E-state index in [1.54, 1.807) is 23.1 Å². The number of nitro groups is 1. The van der Waals surface area contributed by atoms with Crippen LogP contribution in [0.5, 0.6) is 11.6 Å². The second-order valence-corrected chi connectivity index (χ2v) is 8.11. The molecule has 6 rings (SSSR count). The molecule has 0 saturated heterocycles. The van der Waals surface area contributed by atoms with E-state index in [0.29, 0.717) is 18.2 Å². The Bertz CT molecular complexity index is 1580. The molecule has 168 valence electrons. The highest BCUT2D eigenvalue weighted by Gasteiger charge is 2.26. The van der Waals surface area contributed by atoms with Gasteiger partial charge in [0.25, 0.3) is 5.69 Å². The highest BCUT2D eigenvalue weighted by atomic mass is 16.6. The molecule has 0 fully saturated rings. The Labute approximate surface area is 193 Å². The normalized spacial score (nSPS) is 12.2. The lowest BCUT2D eigenvalue weighted by molar-refractivity contribution is -0.384. The van der Waals surface area contributed by atoms with Gasteiger partial charge in [-0.1, -0.05) is 6.07 Å². The average Bonchev–Trinajstić information content (AvgIpc) is 3.32. The Balaban J connectivity index is 1.55. The average molecular weight is 453 g/mol. The van der Waals surface area contributed by atoms with Crippen LogP contribution in [-0.2, 0) is 20.6 Å². The van der Waals surface area contributed by atoms with Gasteiger partial charge in [-0.2, -0.15) is 0 Å². The summed E-state index contributed by atoms with van der Waals surface area (Å²) in [5.74, 6) is 1.94. The van der Waals surface area contributed by atoms with Crippen LogP contribution in [0.3, 0.4) is 0 Å². The lowest BCUT2D eigenvalue weighted by atomic mass is 9.95. The summed E-state index contributed by atoms with van der Waals surface area (Å²) < 4.78 is 9.65. The summed E-state index contributed by atoms with van der Waals surface area (Å²) in [5, 5.41) is 19.8. The minimum absolute atomic E-state index is 0.0484. The second kappa shape index (κ2) is 7.41. The van der Waals surface area contributed by atoms with Crippen molar-refractivity contribution in [1.29, 1.82) is 0 Å². The minimum atomic E-state index is -0.397. The SMILES string of the molecule is Cn1ccc(Oc2ccc3c(c2)CNc2ncnc4c2c-3c(-c2ccc([N+](=O)[O-])cc2)n4C)n1. The van der Waals surface area contributed by atoms with Gasteiger partial charge in [-0.05, 0) is 41.0 Å². The summed E-state index contributed by atoms with van der Waals surface area (Å²) in [7, 11) is 3.78. The van der Waals surface area contributed by atoms with Gasteiger partial charge in [0.2, 0.25) is 5.88 Å². The van der Waals surface area contributed by atoms with Crippen molar-refractivity contribution in [2.24, 2.45) is 14.1 Å². The van der Waals surface area contributed by atoms with Crippen molar-refractivity contribution in [1.82, 2.24) is 24.3 Å². The Kier molecular flexibility index (Phi) is 4.34. The summed E-state index contributed by atoms with van der Waals surface area (Å²) in [6, 6.07) is 14.3. The quantitative estimate of drug-likeness (QED) is 0.311. The topological polar surface area (TPSA) is 113 Å². The highest BCUT2D eigenvalue weighted by molar-refractivity contribution is 6.09. The molecule has 10 nitrogen and oxygen atoms in total. The molecular formula is C24H19N7O3. The zero-order valence-electron chi connectivity index (χ0n) is 18.4. The zero-order chi connectivity index (χ0) is 23.4. The van der Waals surface area contributed by atoms with Gasteiger partial charge in [0.1, 0.15) is 23.5 Å². The van der Waals surface area contributed by atoms with Crippen LogP contribution < -0.4 is 10.1 Å². The maximum Gasteiger partial charge on any atom is 0.269 e. The van der Waals surface area contributed by atoms with E-state index in [0.717, 1.165) is 44.8 Å². The van der Waals surface area contributed by atoms with Crippen molar-refractivity contribution in [2.75, 3.05) is 5.32 Å². The van der Waals surface area contributed by atoms with Crippen LogP contribution in [-0.4, -0.2) is 29.2 Å².